The third-order valence-corrected chi connectivity index (χ3v) is 3.91. The fourth-order valence-electron chi connectivity index (χ4n) is 1.30. The van der Waals surface area contributed by atoms with Crippen molar-refractivity contribution >= 4 is 28.9 Å². The maximum absolute atomic E-state index is 4.19. The van der Waals surface area contributed by atoms with E-state index in [0.29, 0.717) is 0 Å². The van der Waals surface area contributed by atoms with Crippen LogP contribution in [0.4, 0.5) is 5.82 Å². The first-order valence-corrected chi connectivity index (χ1v) is 7.03. The maximum atomic E-state index is 4.19. The first kappa shape index (κ1) is 11.4. The van der Waals surface area contributed by atoms with E-state index in [2.05, 4.69) is 33.7 Å². The highest BCUT2D eigenvalue weighted by Crippen LogP contribution is 2.18. The second kappa shape index (κ2) is 5.32. The molecule has 0 unspecified atom stereocenters. The molecule has 2 aromatic heterocycles. The number of hydrogen-bond acceptors (Lipinski definition) is 5. The summed E-state index contributed by atoms with van der Waals surface area (Å²) in [6.07, 6.45) is 3.60. The Kier molecular flexibility index (Phi) is 3.79. The molecule has 0 aliphatic carbocycles. The normalized spacial score (nSPS) is 10.4. The van der Waals surface area contributed by atoms with Gasteiger partial charge >= 0.3 is 0 Å². The Bertz CT molecular complexity index is 468. The number of rotatable bonds is 4. The van der Waals surface area contributed by atoms with E-state index in [1.54, 1.807) is 29.4 Å². The van der Waals surface area contributed by atoms with Gasteiger partial charge in [-0.25, -0.2) is 9.97 Å². The van der Waals surface area contributed by atoms with Crippen LogP contribution in [-0.2, 0) is 6.54 Å². The van der Waals surface area contributed by atoms with Crippen LogP contribution in [0.25, 0.3) is 0 Å². The molecule has 2 aromatic rings. The summed E-state index contributed by atoms with van der Waals surface area (Å²) in [5, 5.41) is 6.41. The van der Waals surface area contributed by atoms with Crippen molar-refractivity contribution in [2.75, 3.05) is 11.6 Å². The monoisotopic (exact) mass is 251 g/mol. The van der Waals surface area contributed by atoms with Gasteiger partial charge in [0.2, 0.25) is 0 Å². The molecule has 0 fully saturated rings. The van der Waals surface area contributed by atoms with E-state index in [1.165, 1.54) is 10.4 Å². The summed E-state index contributed by atoms with van der Waals surface area (Å²) in [5.41, 5.74) is 1.33. The van der Waals surface area contributed by atoms with Crippen LogP contribution < -0.4 is 5.32 Å². The Morgan fingerprint density at radius 3 is 3.00 bits per heavy atom. The number of thiophene rings is 1. The molecule has 0 atom stereocenters. The molecule has 0 bridgehead atoms. The molecule has 2 rings (SSSR count). The molecular formula is C11H13N3S2. The summed E-state index contributed by atoms with van der Waals surface area (Å²) >= 11 is 3.39. The lowest BCUT2D eigenvalue weighted by atomic mass is 10.3. The highest BCUT2D eigenvalue weighted by molar-refractivity contribution is 7.98. The van der Waals surface area contributed by atoms with E-state index in [0.717, 1.165) is 17.4 Å². The molecule has 0 radical (unpaired) electrons. The van der Waals surface area contributed by atoms with Crippen molar-refractivity contribution in [2.24, 2.45) is 0 Å². The first-order valence-electron chi connectivity index (χ1n) is 4.92. The van der Waals surface area contributed by atoms with Crippen LogP contribution in [0, 0.1) is 6.92 Å². The lowest BCUT2D eigenvalue weighted by Crippen LogP contribution is -2.01. The predicted molar refractivity (Wildman–Crippen MR) is 70.2 cm³/mol. The summed E-state index contributed by atoms with van der Waals surface area (Å²) in [7, 11) is 0. The minimum absolute atomic E-state index is 0.828. The average Bonchev–Trinajstić information content (AvgIpc) is 2.72. The molecule has 5 heteroatoms. The van der Waals surface area contributed by atoms with Crippen molar-refractivity contribution in [3.63, 3.8) is 0 Å². The number of aryl methyl sites for hydroxylation is 1. The Morgan fingerprint density at radius 2 is 2.31 bits per heavy atom. The van der Waals surface area contributed by atoms with E-state index in [9.17, 15) is 0 Å². The number of thioether (sulfide) groups is 1. The summed E-state index contributed by atoms with van der Waals surface area (Å²) < 4.78 is 0. The summed E-state index contributed by atoms with van der Waals surface area (Å²) in [5.74, 6) is 0.882. The molecule has 0 saturated carbocycles. The van der Waals surface area contributed by atoms with Gasteiger partial charge in [-0.1, -0.05) is 0 Å². The summed E-state index contributed by atoms with van der Waals surface area (Å²) in [4.78, 5) is 9.67. The van der Waals surface area contributed by atoms with Crippen LogP contribution in [0.1, 0.15) is 10.4 Å². The fourth-order valence-corrected chi connectivity index (χ4v) is 2.53. The topological polar surface area (TPSA) is 37.8 Å². The predicted octanol–water partition coefficient (Wildman–Crippen LogP) is 3.18. The van der Waals surface area contributed by atoms with Crippen LogP contribution in [-0.4, -0.2) is 16.2 Å². The Labute approximate surface area is 103 Å². The van der Waals surface area contributed by atoms with Crippen LogP contribution in [0.3, 0.4) is 0 Å². The third kappa shape index (κ3) is 2.74. The second-order valence-electron chi connectivity index (χ2n) is 3.33. The summed E-state index contributed by atoms with van der Waals surface area (Å²) in [6.45, 7) is 2.95. The van der Waals surface area contributed by atoms with Crippen molar-refractivity contribution in [1.82, 2.24) is 9.97 Å². The quantitative estimate of drug-likeness (QED) is 0.669. The van der Waals surface area contributed by atoms with Gasteiger partial charge in [-0.2, -0.15) is 0 Å². The highest BCUT2D eigenvalue weighted by Gasteiger charge is 2.01. The maximum Gasteiger partial charge on any atom is 0.130 e. The minimum Gasteiger partial charge on any atom is -0.365 e. The number of aromatic nitrogens is 2. The minimum atomic E-state index is 0.828. The number of hydrogen-bond donors (Lipinski definition) is 1. The lowest BCUT2D eigenvalue weighted by Gasteiger charge is -2.05. The van der Waals surface area contributed by atoms with Crippen LogP contribution in [0.15, 0.2) is 28.9 Å². The standard InChI is InChI=1S/C11H13N3S2/c1-8-3-4-16-9(8)6-12-10-5-11(15-2)14-7-13-10/h3-5,7H,6H2,1-2H3,(H,12,13,14). The Morgan fingerprint density at radius 1 is 1.44 bits per heavy atom. The van der Waals surface area contributed by atoms with Crippen molar-refractivity contribution in [3.8, 4) is 0 Å². The van der Waals surface area contributed by atoms with E-state index < -0.39 is 0 Å². The van der Waals surface area contributed by atoms with Gasteiger partial charge in [-0.3, -0.25) is 0 Å². The van der Waals surface area contributed by atoms with Gasteiger partial charge in [0.05, 0.1) is 6.54 Å². The molecule has 84 valence electrons. The van der Waals surface area contributed by atoms with Crippen molar-refractivity contribution < 1.29 is 0 Å². The Hall–Kier alpha value is -1.07. The van der Waals surface area contributed by atoms with E-state index in [1.807, 2.05) is 12.3 Å². The second-order valence-corrected chi connectivity index (χ2v) is 5.15. The third-order valence-electron chi connectivity index (χ3n) is 2.25. The molecular weight excluding hydrogens is 238 g/mol. The fraction of sp³-hybridized carbons (Fsp3) is 0.273. The van der Waals surface area contributed by atoms with Crippen molar-refractivity contribution in [1.29, 1.82) is 0 Å². The van der Waals surface area contributed by atoms with Gasteiger partial charge in [0.25, 0.3) is 0 Å². The summed E-state index contributed by atoms with van der Waals surface area (Å²) in [6, 6.07) is 4.10. The number of nitrogens with zero attached hydrogens (tertiary/aromatic N) is 2. The SMILES string of the molecule is CSc1cc(NCc2sccc2C)ncn1. The molecule has 0 aliphatic rings. The first-order chi connectivity index (χ1) is 7.79. The van der Waals surface area contributed by atoms with E-state index >= 15 is 0 Å². The molecule has 0 spiro atoms. The van der Waals surface area contributed by atoms with Gasteiger partial charge in [0.15, 0.2) is 0 Å². The lowest BCUT2D eigenvalue weighted by molar-refractivity contribution is 1.02. The van der Waals surface area contributed by atoms with E-state index in [4.69, 9.17) is 0 Å². The largest absolute Gasteiger partial charge is 0.365 e. The molecule has 16 heavy (non-hydrogen) atoms. The van der Waals surface area contributed by atoms with Gasteiger partial charge in [-0.05, 0) is 30.2 Å². The van der Waals surface area contributed by atoms with Gasteiger partial charge in [0, 0.05) is 10.9 Å². The Balaban J connectivity index is 2.02. The smallest absolute Gasteiger partial charge is 0.130 e. The number of nitrogens with one attached hydrogen (secondary N) is 1. The van der Waals surface area contributed by atoms with Crippen molar-refractivity contribution in [2.45, 2.75) is 18.5 Å². The molecule has 3 nitrogen and oxygen atoms in total. The molecule has 2 heterocycles. The van der Waals surface area contributed by atoms with Gasteiger partial charge in [0.1, 0.15) is 17.2 Å². The molecule has 0 amide bonds. The number of anilines is 1. The van der Waals surface area contributed by atoms with Gasteiger partial charge < -0.3 is 5.32 Å². The molecule has 0 aromatic carbocycles. The van der Waals surface area contributed by atoms with E-state index in [-0.39, 0.29) is 0 Å². The van der Waals surface area contributed by atoms with Gasteiger partial charge in [-0.15, -0.1) is 23.1 Å². The molecule has 0 aliphatic heterocycles. The van der Waals surface area contributed by atoms with Crippen LogP contribution in [0.5, 0.6) is 0 Å². The zero-order valence-corrected chi connectivity index (χ0v) is 10.9. The highest BCUT2D eigenvalue weighted by atomic mass is 32.2. The van der Waals surface area contributed by atoms with Crippen LogP contribution in [0.2, 0.25) is 0 Å². The van der Waals surface area contributed by atoms with Crippen molar-refractivity contribution in [3.05, 3.63) is 34.3 Å². The average molecular weight is 251 g/mol. The molecule has 1 N–H and O–H groups in total. The molecule has 0 saturated heterocycles. The zero-order chi connectivity index (χ0) is 11.4. The zero-order valence-electron chi connectivity index (χ0n) is 9.23. The van der Waals surface area contributed by atoms with Crippen LogP contribution >= 0.6 is 23.1 Å².